The molecule has 0 bridgehead atoms. The van der Waals surface area contributed by atoms with Crippen molar-refractivity contribution in [3.63, 3.8) is 0 Å². The Morgan fingerprint density at radius 3 is 2.80 bits per heavy atom. The number of esters is 1. The number of rotatable bonds is 2. The number of benzene rings is 1. The maximum Gasteiger partial charge on any atom is 0.339 e. The standard InChI is InChI=1S/C19H21N3O3/c1-2-25-17(23)15-16(20)21-13-9-5-3-7-11(13)19(15)12-8-4-6-10-14(12)22-18(19)24/h4,6,8,10,21H,2-3,5,7,9,20H2,1H3,(H,22,24). The fourth-order valence-electron chi connectivity index (χ4n) is 4.31. The van der Waals surface area contributed by atoms with Gasteiger partial charge in [-0.25, -0.2) is 4.79 Å². The first kappa shape index (κ1) is 15.7. The number of anilines is 1. The minimum absolute atomic E-state index is 0.206. The monoisotopic (exact) mass is 339 g/mol. The summed E-state index contributed by atoms with van der Waals surface area (Å²) in [5, 5.41) is 6.11. The molecule has 0 saturated heterocycles. The average molecular weight is 339 g/mol. The van der Waals surface area contributed by atoms with E-state index in [2.05, 4.69) is 10.6 Å². The van der Waals surface area contributed by atoms with Crippen LogP contribution in [0.2, 0.25) is 0 Å². The van der Waals surface area contributed by atoms with Gasteiger partial charge in [0, 0.05) is 16.9 Å². The summed E-state index contributed by atoms with van der Waals surface area (Å²) in [4.78, 5) is 26.1. The average Bonchev–Trinajstić information content (AvgIpc) is 2.88. The number of nitrogens with two attached hydrogens (primary N) is 1. The summed E-state index contributed by atoms with van der Waals surface area (Å²) < 4.78 is 5.26. The molecule has 0 aromatic heterocycles. The van der Waals surface area contributed by atoms with E-state index < -0.39 is 11.4 Å². The maximum atomic E-state index is 13.3. The van der Waals surface area contributed by atoms with E-state index in [0.29, 0.717) is 0 Å². The Hall–Kier alpha value is -2.76. The normalized spacial score (nSPS) is 24.6. The largest absolute Gasteiger partial charge is 0.462 e. The van der Waals surface area contributed by atoms with Crippen molar-refractivity contribution in [1.82, 2.24) is 5.32 Å². The van der Waals surface area contributed by atoms with Gasteiger partial charge in [0.1, 0.15) is 16.8 Å². The van der Waals surface area contributed by atoms with Crippen molar-refractivity contribution >= 4 is 17.6 Å². The lowest BCUT2D eigenvalue weighted by atomic mass is 9.64. The first-order chi connectivity index (χ1) is 12.1. The summed E-state index contributed by atoms with van der Waals surface area (Å²) in [5.41, 5.74) is 8.67. The van der Waals surface area contributed by atoms with Crippen molar-refractivity contribution in [2.45, 2.75) is 38.0 Å². The maximum absolute atomic E-state index is 13.3. The molecule has 25 heavy (non-hydrogen) atoms. The Balaban J connectivity index is 2.02. The van der Waals surface area contributed by atoms with Crippen LogP contribution in [0, 0.1) is 0 Å². The lowest BCUT2D eigenvalue weighted by Crippen LogP contribution is -2.49. The van der Waals surface area contributed by atoms with Crippen LogP contribution in [0.3, 0.4) is 0 Å². The van der Waals surface area contributed by atoms with Crippen LogP contribution in [0.15, 0.2) is 46.9 Å². The second-order valence-corrected chi connectivity index (χ2v) is 6.55. The molecule has 3 aliphatic rings. The highest BCUT2D eigenvalue weighted by molar-refractivity contribution is 6.17. The molecule has 1 atom stereocenters. The molecule has 6 heteroatoms. The van der Waals surface area contributed by atoms with Crippen molar-refractivity contribution < 1.29 is 14.3 Å². The number of hydrogen-bond donors (Lipinski definition) is 3. The molecule has 130 valence electrons. The number of fused-ring (bicyclic) bond motifs is 3. The number of allylic oxidation sites excluding steroid dienone is 1. The van der Waals surface area contributed by atoms with Crippen LogP contribution in [0.5, 0.6) is 0 Å². The molecule has 1 spiro atoms. The van der Waals surface area contributed by atoms with E-state index in [1.807, 2.05) is 24.3 Å². The number of amides is 1. The molecule has 1 aromatic carbocycles. The Kier molecular flexibility index (Phi) is 3.56. The van der Waals surface area contributed by atoms with Gasteiger partial charge in [-0.1, -0.05) is 18.2 Å². The molecule has 1 unspecified atom stereocenters. The van der Waals surface area contributed by atoms with E-state index >= 15 is 0 Å². The molecule has 4 rings (SSSR count). The van der Waals surface area contributed by atoms with Gasteiger partial charge in [0.05, 0.1) is 6.61 Å². The van der Waals surface area contributed by atoms with Crippen LogP contribution in [0.25, 0.3) is 0 Å². The Bertz CT molecular complexity index is 840. The van der Waals surface area contributed by atoms with Gasteiger partial charge >= 0.3 is 5.97 Å². The molecule has 0 fully saturated rings. The molecular weight excluding hydrogens is 318 g/mol. The Morgan fingerprint density at radius 1 is 1.24 bits per heavy atom. The van der Waals surface area contributed by atoms with Gasteiger partial charge in [-0.3, -0.25) is 4.79 Å². The molecule has 2 aliphatic heterocycles. The van der Waals surface area contributed by atoms with E-state index in [9.17, 15) is 9.59 Å². The van der Waals surface area contributed by atoms with Crippen molar-refractivity contribution in [2.75, 3.05) is 11.9 Å². The highest BCUT2D eigenvalue weighted by Gasteiger charge is 2.58. The second-order valence-electron chi connectivity index (χ2n) is 6.55. The quantitative estimate of drug-likeness (QED) is 0.717. The predicted molar refractivity (Wildman–Crippen MR) is 93.2 cm³/mol. The van der Waals surface area contributed by atoms with E-state index in [1.165, 1.54) is 0 Å². The van der Waals surface area contributed by atoms with Crippen LogP contribution < -0.4 is 16.4 Å². The summed E-state index contributed by atoms with van der Waals surface area (Å²) in [7, 11) is 0. The van der Waals surface area contributed by atoms with Crippen LogP contribution >= 0.6 is 0 Å². The van der Waals surface area contributed by atoms with Crippen molar-refractivity contribution in [2.24, 2.45) is 5.73 Å². The molecule has 4 N–H and O–H groups in total. The van der Waals surface area contributed by atoms with Gasteiger partial charge in [-0.15, -0.1) is 0 Å². The Labute approximate surface area is 146 Å². The molecule has 0 radical (unpaired) electrons. The number of ether oxygens (including phenoxy) is 1. The molecule has 1 aliphatic carbocycles. The zero-order valence-corrected chi connectivity index (χ0v) is 14.1. The second kappa shape index (κ2) is 5.65. The van der Waals surface area contributed by atoms with Gasteiger partial charge in [0.25, 0.3) is 0 Å². The van der Waals surface area contributed by atoms with Gasteiger partial charge < -0.3 is 21.1 Å². The number of para-hydroxylation sites is 1. The van der Waals surface area contributed by atoms with Crippen LogP contribution in [0.1, 0.15) is 38.2 Å². The third kappa shape index (κ3) is 2.03. The van der Waals surface area contributed by atoms with Gasteiger partial charge in [0.15, 0.2) is 0 Å². The fraction of sp³-hybridized carbons (Fsp3) is 0.368. The van der Waals surface area contributed by atoms with E-state index in [1.54, 1.807) is 6.92 Å². The number of dihydropyridines is 1. The molecule has 6 nitrogen and oxygen atoms in total. The van der Waals surface area contributed by atoms with Gasteiger partial charge in [0.2, 0.25) is 5.91 Å². The third-order valence-electron chi connectivity index (χ3n) is 5.25. The third-order valence-corrected chi connectivity index (χ3v) is 5.25. The first-order valence-electron chi connectivity index (χ1n) is 8.68. The summed E-state index contributed by atoms with van der Waals surface area (Å²) in [5.74, 6) is -0.557. The number of hydrogen-bond acceptors (Lipinski definition) is 5. The first-order valence-corrected chi connectivity index (χ1v) is 8.68. The van der Waals surface area contributed by atoms with Gasteiger partial charge in [-0.2, -0.15) is 0 Å². The summed E-state index contributed by atoms with van der Waals surface area (Å²) in [6.45, 7) is 1.96. The molecule has 1 aromatic rings. The number of carbonyl (C=O) groups is 2. The SMILES string of the molecule is CCOC(=O)C1=C(N)NC2=C(CCCC2)C12C(=O)Nc1ccccc12. The van der Waals surface area contributed by atoms with E-state index in [0.717, 1.165) is 48.2 Å². The van der Waals surface area contributed by atoms with E-state index in [-0.39, 0.29) is 23.9 Å². The highest BCUT2D eigenvalue weighted by atomic mass is 16.5. The van der Waals surface area contributed by atoms with Gasteiger partial charge in [-0.05, 0) is 44.2 Å². The van der Waals surface area contributed by atoms with Crippen molar-refractivity contribution in [1.29, 1.82) is 0 Å². The van der Waals surface area contributed by atoms with Crippen LogP contribution in [0.4, 0.5) is 5.69 Å². The summed E-state index contributed by atoms with van der Waals surface area (Å²) in [6.07, 6.45) is 3.59. The fourth-order valence-corrected chi connectivity index (χ4v) is 4.31. The molecule has 1 amide bonds. The lowest BCUT2D eigenvalue weighted by molar-refractivity contribution is -0.140. The minimum atomic E-state index is -1.19. The zero-order chi connectivity index (χ0) is 17.6. The smallest absolute Gasteiger partial charge is 0.339 e. The zero-order valence-electron chi connectivity index (χ0n) is 14.1. The van der Waals surface area contributed by atoms with Crippen LogP contribution in [-0.2, 0) is 19.7 Å². The Morgan fingerprint density at radius 2 is 2.00 bits per heavy atom. The lowest BCUT2D eigenvalue weighted by Gasteiger charge is -2.40. The number of nitrogens with one attached hydrogen (secondary N) is 2. The minimum Gasteiger partial charge on any atom is -0.462 e. The van der Waals surface area contributed by atoms with E-state index in [4.69, 9.17) is 10.5 Å². The summed E-state index contributed by atoms with van der Waals surface area (Å²) >= 11 is 0. The molecule has 0 saturated carbocycles. The highest BCUT2D eigenvalue weighted by Crippen LogP contribution is 2.53. The predicted octanol–water partition coefficient (Wildman–Crippen LogP) is 2.04. The number of carbonyl (C=O) groups excluding carboxylic acids is 2. The molecular formula is C19H21N3O3. The van der Waals surface area contributed by atoms with Crippen LogP contribution in [-0.4, -0.2) is 18.5 Å². The topological polar surface area (TPSA) is 93.4 Å². The summed E-state index contributed by atoms with van der Waals surface area (Å²) in [6, 6.07) is 7.49. The molecule has 2 heterocycles. The van der Waals surface area contributed by atoms with Crippen molar-refractivity contribution in [3.8, 4) is 0 Å². The van der Waals surface area contributed by atoms with Crippen molar-refractivity contribution in [3.05, 3.63) is 52.5 Å².